The van der Waals surface area contributed by atoms with Crippen molar-refractivity contribution in [1.29, 1.82) is 0 Å². The first-order chi connectivity index (χ1) is 12.5. The molecule has 8 nitrogen and oxygen atoms in total. The van der Waals surface area contributed by atoms with Crippen LogP contribution in [-0.2, 0) is 9.63 Å². The summed E-state index contributed by atoms with van der Waals surface area (Å²) in [5, 5.41) is 25.5. The Kier molecular flexibility index (Phi) is 48.6. The predicted molar refractivity (Wildman–Crippen MR) is 127 cm³/mol. The highest BCUT2D eigenvalue weighted by Gasteiger charge is 2.02. The number of thiol groups is 1. The van der Waals surface area contributed by atoms with Crippen LogP contribution < -0.4 is 22.3 Å². The molecule has 1 amide bonds. The number of hydrogen-bond acceptors (Lipinski definition) is 9. The molecular weight excluding hydrogens is 400 g/mol. The molecule has 0 fully saturated rings. The molecule has 0 aliphatic heterocycles. The molecule has 28 heavy (non-hydrogen) atoms. The lowest BCUT2D eigenvalue weighted by Gasteiger charge is -2.04. The van der Waals surface area contributed by atoms with E-state index in [1.54, 1.807) is 36.9 Å². The molecule has 10 heteroatoms. The fraction of sp³-hybridized carbons (Fsp3) is 0.500. The number of amides is 1. The molecule has 0 spiro atoms. The summed E-state index contributed by atoms with van der Waals surface area (Å²) in [5.74, 6) is 5.09. The van der Waals surface area contributed by atoms with Gasteiger partial charge in [0.25, 0.3) is 0 Å². The monoisotopic (exact) mass is 440 g/mol. The lowest BCUT2D eigenvalue weighted by Crippen LogP contribution is -2.35. The quantitative estimate of drug-likeness (QED) is 0.105. The van der Waals surface area contributed by atoms with Gasteiger partial charge in [0.2, 0.25) is 5.91 Å². The van der Waals surface area contributed by atoms with Crippen LogP contribution in [0.1, 0.15) is 21.8 Å². The maximum absolute atomic E-state index is 10.4. The van der Waals surface area contributed by atoms with Crippen molar-refractivity contribution in [3.63, 3.8) is 0 Å². The third kappa shape index (κ3) is 44.2. The fourth-order valence-electron chi connectivity index (χ4n) is 0.780. The van der Waals surface area contributed by atoms with Crippen LogP contribution in [0.4, 0.5) is 0 Å². The molecule has 0 saturated heterocycles. The van der Waals surface area contributed by atoms with Gasteiger partial charge in [-0.25, -0.2) is 5.90 Å². The second kappa shape index (κ2) is 36.5. The average Bonchev–Trinajstić information content (AvgIpc) is 2.64. The molecule has 0 aromatic heterocycles. The number of carbonyl (C=O) groups is 1. The van der Waals surface area contributed by atoms with Crippen LogP contribution >= 0.6 is 24.4 Å². The van der Waals surface area contributed by atoms with Crippen LogP contribution in [0.2, 0.25) is 0 Å². The van der Waals surface area contributed by atoms with Crippen LogP contribution in [0.25, 0.3) is 0 Å². The van der Waals surface area contributed by atoms with Gasteiger partial charge in [-0.15, -0.1) is 18.3 Å². The number of rotatable bonds is 12. The smallest absolute Gasteiger partial charge is 0.239 e. The zero-order valence-corrected chi connectivity index (χ0v) is 16.8. The Hall–Kier alpha value is -1.43. The highest BCUT2D eigenvalue weighted by Crippen LogP contribution is 2.01. The van der Waals surface area contributed by atoms with Crippen molar-refractivity contribution in [2.75, 3.05) is 32.1 Å². The highest BCUT2D eigenvalue weighted by molar-refractivity contribution is 8.04. The molecule has 0 aromatic rings. The van der Waals surface area contributed by atoms with Gasteiger partial charge in [0, 0.05) is 18.5 Å². The van der Waals surface area contributed by atoms with E-state index in [1.807, 2.05) is 5.41 Å². The summed E-state index contributed by atoms with van der Waals surface area (Å²) in [6, 6.07) is -0.309. The highest BCUT2D eigenvalue weighted by atomic mass is 32.2. The van der Waals surface area contributed by atoms with Gasteiger partial charge in [0.15, 0.2) is 0 Å². The Morgan fingerprint density at radius 1 is 1.25 bits per heavy atom. The van der Waals surface area contributed by atoms with Gasteiger partial charge in [-0.1, -0.05) is 33.1 Å². The summed E-state index contributed by atoms with van der Waals surface area (Å²) in [7, 11) is 0. The molecule has 0 aliphatic rings. The molecule has 0 aromatic carbocycles. The number of hydrogen-bond donors (Lipinski definition) is 7. The summed E-state index contributed by atoms with van der Waals surface area (Å²) >= 11 is 5.41. The first kappa shape index (κ1) is 37.3. The average molecular weight is 441 g/mol. The first-order valence-corrected chi connectivity index (χ1v) is 9.23. The van der Waals surface area contributed by atoms with Crippen molar-refractivity contribution < 1.29 is 19.8 Å². The van der Waals surface area contributed by atoms with Crippen LogP contribution in [0.5, 0.6) is 0 Å². The molecule has 168 valence electrons. The van der Waals surface area contributed by atoms with Gasteiger partial charge in [-0.2, -0.15) is 12.6 Å². The zero-order valence-electron chi connectivity index (χ0n) is 15.1. The summed E-state index contributed by atoms with van der Waals surface area (Å²) in [6.07, 6.45) is 8.36. The third-order valence-corrected chi connectivity index (χ3v) is 2.89. The van der Waals surface area contributed by atoms with E-state index in [1.165, 1.54) is 17.8 Å². The molecule has 0 heterocycles. The Bertz CT molecular complexity index is 396. The van der Waals surface area contributed by atoms with E-state index in [0.29, 0.717) is 18.9 Å². The molecule has 8 N–H and O–H groups in total. The van der Waals surface area contributed by atoms with Crippen molar-refractivity contribution in [2.45, 2.75) is 27.8 Å². The molecule has 0 rings (SSSR count). The standard InChI is InChI=1S/C7H14N2O2S.C6H12N2OS.C3H6O.2CH4/c8-11-5-2-9-3-7-12-6-1-4-10;1-5(6(7)9)8-3-2-4-10;1-2-3-4;;/h1,3,6-7,9-10H,2,4-5,8H2;2-3,5,8,10H,4H2,1H3,(H2,7,9);2,4H,1,3H2;2*1H4. The summed E-state index contributed by atoms with van der Waals surface area (Å²) < 4.78 is 0. The van der Waals surface area contributed by atoms with E-state index >= 15 is 0 Å². The summed E-state index contributed by atoms with van der Waals surface area (Å²) in [6.45, 7) is 6.27. The largest absolute Gasteiger partial charge is 0.392 e. The van der Waals surface area contributed by atoms with Gasteiger partial charge in [-0.3, -0.25) is 4.79 Å². The SMILES string of the molecule is C.C.C=CCO.CC(NC=CCS)C(N)=O.NOCCNC=CSC=CCO. The number of aliphatic hydroxyl groups is 2. The molecule has 0 saturated carbocycles. The van der Waals surface area contributed by atoms with Gasteiger partial charge in [-0.05, 0) is 23.9 Å². The van der Waals surface area contributed by atoms with Gasteiger partial charge in [0.1, 0.15) is 6.04 Å². The number of nitrogens with two attached hydrogens (primary N) is 2. The van der Waals surface area contributed by atoms with Gasteiger partial charge in [0.05, 0.1) is 19.8 Å². The van der Waals surface area contributed by atoms with Crippen LogP contribution in [-0.4, -0.2) is 54.3 Å². The summed E-state index contributed by atoms with van der Waals surface area (Å²) in [4.78, 5) is 14.7. The second-order valence-electron chi connectivity index (χ2n) is 4.17. The minimum absolute atomic E-state index is 0. The van der Waals surface area contributed by atoms with E-state index in [9.17, 15) is 4.79 Å². The number of carbonyl (C=O) groups excluding carboxylic acids is 1. The Balaban J connectivity index is -0.000000101. The number of thioether (sulfide) groups is 1. The van der Waals surface area contributed by atoms with Crippen molar-refractivity contribution in [2.24, 2.45) is 11.6 Å². The predicted octanol–water partition coefficient (Wildman–Crippen LogP) is 1.51. The van der Waals surface area contributed by atoms with E-state index in [-0.39, 0.29) is 40.0 Å². The molecule has 1 atom stereocenters. The van der Waals surface area contributed by atoms with E-state index in [0.717, 1.165) is 0 Å². The van der Waals surface area contributed by atoms with Crippen molar-refractivity contribution in [3.05, 3.63) is 48.0 Å². The van der Waals surface area contributed by atoms with Crippen LogP contribution in [0, 0.1) is 0 Å². The Morgan fingerprint density at radius 3 is 2.29 bits per heavy atom. The molecule has 1 unspecified atom stereocenters. The number of primary amides is 1. The van der Waals surface area contributed by atoms with E-state index in [4.69, 9.17) is 21.8 Å². The lowest BCUT2D eigenvalue weighted by molar-refractivity contribution is -0.119. The molecular formula is C18H40N4O4S2. The fourth-order valence-corrected chi connectivity index (χ4v) is 1.35. The zero-order chi connectivity index (χ0) is 20.5. The van der Waals surface area contributed by atoms with E-state index in [2.05, 4.69) is 34.7 Å². The maximum atomic E-state index is 10.4. The Morgan fingerprint density at radius 2 is 1.86 bits per heavy atom. The molecule has 0 bridgehead atoms. The first-order valence-electron chi connectivity index (χ1n) is 7.66. The molecule has 0 radical (unpaired) electrons. The number of nitrogens with one attached hydrogen (secondary N) is 2. The van der Waals surface area contributed by atoms with Crippen molar-refractivity contribution in [3.8, 4) is 0 Å². The van der Waals surface area contributed by atoms with Crippen LogP contribution in [0.3, 0.4) is 0 Å². The topological polar surface area (TPSA) is 143 Å². The van der Waals surface area contributed by atoms with Crippen molar-refractivity contribution >= 4 is 30.3 Å². The lowest BCUT2D eigenvalue weighted by atomic mass is 10.3. The van der Waals surface area contributed by atoms with E-state index < -0.39 is 0 Å². The van der Waals surface area contributed by atoms with Crippen molar-refractivity contribution in [1.82, 2.24) is 10.6 Å². The van der Waals surface area contributed by atoms with Gasteiger partial charge >= 0.3 is 0 Å². The number of aliphatic hydroxyl groups excluding tert-OH is 2. The third-order valence-electron chi connectivity index (χ3n) is 2.03. The summed E-state index contributed by atoms with van der Waals surface area (Å²) in [5.41, 5.74) is 4.96. The minimum Gasteiger partial charge on any atom is -0.392 e. The van der Waals surface area contributed by atoms with Crippen LogP contribution in [0.15, 0.2) is 48.0 Å². The second-order valence-corrected chi connectivity index (χ2v) is 5.35. The maximum Gasteiger partial charge on any atom is 0.239 e. The Labute approximate surface area is 180 Å². The minimum atomic E-state index is -0.358. The molecule has 0 aliphatic carbocycles. The normalized spacial score (nSPS) is 10.6. The van der Waals surface area contributed by atoms with Gasteiger partial charge < -0.3 is 31.4 Å².